The average molecular weight is 282 g/mol. The van der Waals surface area contributed by atoms with Crippen LogP contribution in [0.25, 0.3) is 0 Å². The minimum atomic E-state index is -3.27. The number of morpholine rings is 1. The third-order valence-corrected chi connectivity index (χ3v) is 5.65. The number of benzene rings is 1. The van der Waals surface area contributed by atoms with E-state index >= 15 is 0 Å². The summed E-state index contributed by atoms with van der Waals surface area (Å²) in [6.45, 7) is 5.10. The van der Waals surface area contributed by atoms with Gasteiger partial charge >= 0.3 is 0 Å². The molecule has 0 spiro atoms. The Labute approximate surface area is 113 Å². The lowest BCUT2D eigenvalue weighted by molar-refractivity contribution is 0.0362. The van der Waals surface area contributed by atoms with Crippen molar-refractivity contribution < 1.29 is 13.2 Å². The van der Waals surface area contributed by atoms with Gasteiger partial charge in [-0.3, -0.25) is 4.90 Å². The molecule has 3 rings (SSSR count). The lowest BCUT2D eigenvalue weighted by Crippen LogP contribution is -2.41. The van der Waals surface area contributed by atoms with Crippen molar-refractivity contribution in [2.24, 2.45) is 0 Å². The molecule has 0 amide bonds. The van der Waals surface area contributed by atoms with Crippen molar-refractivity contribution in [3.05, 3.63) is 29.8 Å². The Morgan fingerprint density at radius 2 is 1.84 bits per heavy atom. The van der Waals surface area contributed by atoms with E-state index in [4.69, 9.17) is 4.74 Å². The van der Waals surface area contributed by atoms with Crippen LogP contribution in [0.15, 0.2) is 29.2 Å². The molecule has 0 radical (unpaired) electrons. The molecule has 1 saturated heterocycles. The van der Waals surface area contributed by atoms with Crippen LogP contribution in [0.2, 0.25) is 0 Å². The van der Waals surface area contributed by atoms with Crippen molar-refractivity contribution in [3.8, 4) is 0 Å². The fourth-order valence-electron chi connectivity index (χ4n) is 2.58. The Morgan fingerprint density at radius 3 is 2.58 bits per heavy atom. The first kappa shape index (κ1) is 13.1. The van der Waals surface area contributed by atoms with Crippen LogP contribution in [0.4, 0.5) is 0 Å². The summed E-state index contributed by atoms with van der Waals surface area (Å²) in [6.07, 6.45) is 0. The molecule has 1 aromatic rings. The summed E-state index contributed by atoms with van der Waals surface area (Å²) < 4.78 is 31.5. The molecule has 2 heterocycles. The van der Waals surface area contributed by atoms with Crippen LogP contribution in [0.5, 0.6) is 0 Å². The highest BCUT2D eigenvalue weighted by Crippen LogP contribution is 2.29. The summed E-state index contributed by atoms with van der Waals surface area (Å²) in [5.74, 6) is 0. The first-order valence-electron chi connectivity index (χ1n) is 6.56. The first-order valence-corrected chi connectivity index (χ1v) is 8.00. The zero-order valence-corrected chi connectivity index (χ0v) is 11.6. The number of fused-ring (bicyclic) bond motifs is 1. The molecule has 1 aromatic carbocycles. The summed E-state index contributed by atoms with van der Waals surface area (Å²) in [6, 6.07) is 7.25. The number of ether oxygens (including phenoxy) is 1. The largest absolute Gasteiger partial charge is 0.379 e. The van der Waals surface area contributed by atoms with Gasteiger partial charge in [-0.1, -0.05) is 18.2 Å². The van der Waals surface area contributed by atoms with Crippen LogP contribution >= 0.6 is 0 Å². The fraction of sp³-hybridized carbons (Fsp3) is 0.538. The van der Waals surface area contributed by atoms with Gasteiger partial charge in [-0.25, -0.2) is 8.42 Å². The van der Waals surface area contributed by atoms with Gasteiger partial charge in [0.05, 0.1) is 18.1 Å². The van der Waals surface area contributed by atoms with Crippen LogP contribution in [-0.4, -0.2) is 57.0 Å². The average Bonchev–Trinajstić information content (AvgIpc) is 2.70. The predicted molar refractivity (Wildman–Crippen MR) is 71.3 cm³/mol. The Bertz CT molecular complexity index is 553. The maximum absolute atomic E-state index is 12.3. The second kappa shape index (κ2) is 5.20. The summed E-state index contributed by atoms with van der Waals surface area (Å²) in [7, 11) is -3.27. The summed E-state index contributed by atoms with van der Waals surface area (Å²) >= 11 is 0. The molecule has 2 aliphatic heterocycles. The Morgan fingerprint density at radius 1 is 1.11 bits per heavy atom. The molecule has 2 aliphatic rings. The molecule has 1 fully saturated rings. The third kappa shape index (κ3) is 2.53. The standard InChI is InChI=1S/C13H18N2O3S/c16-19(17)13-4-2-1-3-12(13)11-15(19)6-5-14-7-9-18-10-8-14/h1-4H,5-11H2. The molecule has 0 unspecified atom stereocenters. The van der Waals surface area contributed by atoms with E-state index in [2.05, 4.69) is 4.90 Å². The van der Waals surface area contributed by atoms with Gasteiger partial charge in [0.15, 0.2) is 0 Å². The van der Waals surface area contributed by atoms with Crippen LogP contribution in [-0.2, 0) is 21.3 Å². The molecule has 19 heavy (non-hydrogen) atoms. The van der Waals surface area contributed by atoms with E-state index in [1.165, 1.54) is 0 Å². The van der Waals surface area contributed by atoms with Crippen LogP contribution in [0.3, 0.4) is 0 Å². The SMILES string of the molecule is O=S1(=O)c2ccccc2CN1CCN1CCOCC1. The molecule has 0 N–H and O–H groups in total. The maximum atomic E-state index is 12.3. The van der Waals surface area contributed by atoms with Crippen molar-refractivity contribution >= 4 is 10.0 Å². The smallest absolute Gasteiger partial charge is 0.243 e. The summed E-state index contributed by atoms with van der Waals surface area (Å²) in [4.78, 5) is 2.72. The molecule has 0 atom stereocenters. The second-order valence-corrected chi connectivity index (χ2v) is 6.81. The minimum Gasteiger partial charge on any atom is -0.379 e. The Kier molecular flexibility index (Phi) is 3.58. The number of sulfonamides is 1. The Hall–Kier alpha value is -0.950. The molecule has 0 bridgehead atoms. The van der Waals surface area contributed by atoms with Gasteiger partial charge < -0.3 is 4.74 Å². The van der Waals surface area contributed by atoms with Crippen molar-refractivity contribution in [2.45, 2.75) is 11.4 Å². The molecule has 104 valence electrons. The van der Waals surface area contributed by atoms with Gasteiger partial charge in [0.2, 0.25) is 10.0 Å². The predicted octanol–water partition coefficient (Wildman–Crippen LogP) is 0.523. The van der Waals surface area contributed by atoms with E-state index in [0.29, 0.717) is 18.0 Å². The maximum Gasteiger partial charge on any atom is 0.243 e. The molecule has 5 nitrogen and oxygen atoms in total. The lowest BCUT2D eigenvalue weighted by atomic mass is 10.2. The number of rotatable bonds is 3. The molecular formula is C13H18N2O3S. The van der Waals surface area contributed by atoms with E-state index in [0.717, 1.165) is 38.4 Å². The minimum absolute atomic E-state index is 0.469. The third-order valence-electron chi connectivity index (χ3n) is 3.71. The fourth-order valence-corrected chi connectivity index (χ4v) is 4.20. The van der Waals surface area contributed by atoms with Gasteiger partial charge in [0.1, 0.15) is 0 Å². The van der Waals surface area contributed by atoms with Gasteiger partial charge in [-0.15, -0.1) is 0 Å². The van der Waals surface area contributed by atoms with Gasteiger partial charge in [0, 0.05) is 32.7 Å². The van der Waals surface area contributed by atoms with Gasteiger partial charge in [-0.2, -0.15) is 4.31 Å². The highest BCUT2D eigenvalue weighted by molar-refractivity contribution is 7.89. The van der Waals surface area contributed by atoms with E-state index in [-0.39, 0.29) is 0 Å². The molecular weight excluding hydrogens is 264 g/mol. The van der Waals surface area contributed by atoms with Crippen LogP contribution < -0.4 is 0 Å². The number of hydrogen-bond acceptors (Lipinski definition) is 4. The van der Waals surface area contributed by atoms with E-state index in [1.807, 2.05) is 12.1 Å². The van der Waals surface area contributed by atoms with Crippen molar-refractivity contribution in [1.82, 2.24) is 9.21 Å². The van der Waals surface area contributed by atoms with E-state index in [1.54, 1.807) is 16.4 Å². The zero-order chi connectivity index (χ0) is 13.3. The van der Waals surface area contributed by atoms with Crippen LogP contribution in [0, 0.1) is 0 Å². The second-order valence-electron chi connectivity index (χ2n) is 4.90. The van der Waals surface area contributed by atoms with Crippen molar-refractivity contribution in [1.29, 1.82) is 0 Å². The van der Waals surface area contributed by atoms with Crippen molar-refractivity contribution in [2.75, 3.05) is 39.4 Å². The summed E-state index contributed by atoms with van der Waals surface area (Å²) in [5.41, 5.74) is 0.907. The highest BCUT2D eigenvalue weighted by atomic mass is 32.2. The molecule has 0 saturated carbocycles. The zero-order valence-electron chi connectivity index (χ0n) is 10.8. The van der Waals surface area contributed by atoms with Crippen LogP contribution in [0.1, 0.15) is 5.56 Å². The van der Waals surface area contributed by atoms with Gasteiger partial charge in [0.25, 0.3) is 0 Å². The molecule has 0 aromatic heterocycles. The van der Waals surface area contributed by atoms with Gasteiger partial charge in [-0.05, 0) is 11.6 Å². The van der Waals surface area contributed by atoms with Crippen molar-refractivity contribution in [3.63, 3.8) is 0 Å². The molecule has 0 aliphatic carbocycles. The Balaban J connectivity index is 1.67. The first-order chi connectivity index (χ1) is 9.18. The molecule has 6 heteroatoms. The highest BCUT2D eigenvalue weighted by Gasteiger charge is 2.33. The number of nitrogens with zero attached hydrogens (tertiary/aromatic N) is 2. The topological polar surface area (TPSA) is 49.9 Å². The van der Waals surface area contributed by atoms with E-state index < -0.39 is 10.0 Å². The van der Waals surface area contributed by atoms with E-state index in [9.17, 15) is 8.42 Å². The quantitative estimate of drug-likeness (QED) is 0.811. The lowest BCUT2D eigenvalue weighted by Gasteiger charge is -2.28. The number of hydrogen-bond donors (Lipinski definition) is 0. The normalized spacial score (nSPS) is 23.4. The monoisotopic (exact) mass is 282 g/mol. The summed E-state index contributed by atoms with van der Waals surface area (Å²) in [5, 5.41) is 0.